The number of nitriles is 1. The van der Waals surface area contributed by atoms with E-state index in [1.54, 1.807) is 6.07 Å². The van der Waals surface area contributed by atoms with Crippen molar-refractivity contribution in [2.45, 2.75) is 6.61 Å². The number of rotatable bonds is 4. The summed E-state index contributed by atoms with van der Waals surface area (Å²) in [5.74, 6) is -2.60. The van der Waals surface area contributed by atoms with E-state index >= 15 is 0 Å². The molecule has 0 saturated heterocycles. The quantitative estimate of drug-likeness (QED) is 0.938. The highest BCUT2D eigenvalue weighted by atomic mass is 19.1. The monoisotopic (exact) mass is 289 g/mol. The number of hydrogen-bond donors (Lipinski definition) is 1. The first-order valence-electron chi connectivity index (χ1n) is 5.84. The van der Waals surface area contributed by atoms with Gasteiger partial charge in [-0.15, -0.1) is 0 Å². The Morgan fingerprint density at radius 1 is 1.14 bits per heavy atom. The number of carbonyl (C=O) groups is 1. The summed E-state index contributed by atoms with van der Waals surface area (Å²) in [5, 5.41) is 17.5. The average Bonchev–Trinajstić information content (AvgIpc) is 2.44. The summed E-state index contributed by atoms with van der Waals surface area (Å²) in [6.07, 6.45) is 0. The van der Waals surface area contributed by atoms with Gasteiger partial charge in [0.2, 0.25) is 0 Å². The number of carboxylic acid groups (broad SMARTS) is 1. The first kappa shape index (κ1) is 14.5. The molecule has 0 heterocycles. The maximum atomic E-state index is 13.3. The van der Waals surface area contributed by atoms with Crippen LogP contribution in [-0.2, 0) is 6.61 Å². The fourth-order valence-corrected chi connectivity index (χ4v) is 1.73. The largest absolute Gasteiger partial charge is 0.489 e. The first-order valence-corrected chi connectivity index (χ1v) is 5.84. The third-order valence-electron chi connectivity index (χ3n) is 2.61. The Hall–Kier alpha value is -2.94. The SMILES string of the molecule is N#Cc1cc(F)cc(COc2cc(F)cc(C(=O)O)c2)c1. The number of hydrogen-bond acceptors (Lipinski definition) is 3. The van der Waals surface area contributed by atoms with Crippen molar-refractivity contribution in [2.75, 3.05) is 0 Å². The van der Waals surface area contributed by atoms with Gasteiger partial charge in [-0.1, -0.05) is 0 Å². The molecule has 0 aliphatic rings. The van der Waals surface area contributed by atoms with Gasteiger partial charge in [0.15, 0.2) is 0 Å². The second-order valence-corrected chi connectivity index (χ2v) is 4.23. The smallest absolute Gasteiger partial charge is 0.335 e. The Kier molecular flexibility index (Phi) is 4.14. The van der Waals surface area contributed by atoms with Crippen molar-refractivity contribution >= 4 is 5.97 Å². The lowest BCUT2D eigenvalue weighted by Gasteiger charge is -2.08. The minimum atomic E-state index is -1.28. The Balaban J connectivity index is 2.18. The summed E-state index contributed by atoms with van der Waals surface area (Å²) < 4.78 is 31.7. The van der Waals surface area contributed by atoms with Gasteiger partial charge in [0.05, 0.1) is 17.2 Å². The molecule has 1 N–H and O–H groups in total. The maximum Gasteiger partial charge on any atom is 0.335 e. The van der Waals surface area contributed by atoms with Crippen molar-refractivity contribution < 1.29 is 23.4 Å². The zero-order chi connectivity index (χ0) is 15.4. The second kappa shape index (κ2) is 6.01. The van der Waals surface area contributed by atoms with E-state index in [1.165, 1.54) is 12.1 Å². The van der Waals surface area contributed by atoms with Crippen molar-refractivity contribution in [3.05, 3.63) is 64.7 Å². The van der Waals surface area contributed by atoms with Crippen LogP contribution < -0.4 is 4.74 Å². The van der Waals surface area contributed by atoms with Crippen LogP contribution >= 0.6 is 0 Å². The van der Waals surface area contributed by atoms with Gasteiger partial charge in [-0.05, 0) is 35.9 Å². The molecule has 0 fully saturated rings. The number of ether oxygens (including phenoxy) is 1. The zero-order valence-electron chi connectivity index (χ0n) is 10.6. The van der Waals surface area contributed by atoms with Crippen LogP contribution in [0.25, 0.3) is 0 Å². The zero-order valence-corrected chi connectivity index (χ0v) is 10.6. The van der Waals surface area contributed by atoms with E-state index < -0.39 is 17.6 Å². The average molecular weight is 289 g/mol. The lowest BCUT2D eigenvalue weighted by Crippen LogP contribution is -2.01. The molecule has 0 radical (unpaired) electrons. The molecule has 0 spiro atoms. The second-order valence-electron chi connectivity index (χ2n) is 4.23. The molecule has 0 aromatic heterocycles. The number of benzene rings is 2. The van der Waals surface area contributed by atoms with Crippen LogP contribution in [0, 0.1) is 23.0 Å². The molecule has 0 saturated carbocycles. The van der Waals surface area contributed by atoms with E-state index in [-0.39, 0.29) is 23.5 Å². The van der Waals surface area contributed by atoms with Crippen molar-refractivity contribution in [1.29, 1.82) is 5.26 Å². The lowest BCUT2D eigenvalue weighted by atomic mass is 10.1. The van der Waals surface area contributed by atoms with E-state index in [4.69, 9.17) is 15.1 Å². The first-order chi connectivity index (χ1) is 9.97. The van der Waals surface area contributed by atoms with Crippen LogP contribution in [0.3, 0.4) is 0 Å². The summed E-state index contributed by atoms with van der Waals surface area (Å²) in [7, 11) is 0. The summed E-state index contributed by atoms with van der Waals surface area (Å²) >= 11 is 0. The van der Waals surface area contributed by atoms with Crippen LogP contribution in [0.2, 0.25) is 0 Å². The summed E-state index contributed by atoms with van der Waals surface area (Å²) in [5.41, 5.74) is 0.272. The van der Waals surface area contributed by atoms with Gasteiger partial charge in [0, 0.05) is 6.07 Å². The van der Waals surface area contributed by atoms with Crippen LogP contribution in [0.1, 0.15) is 21.5 Å². The maximum absolute atomic E-state index is 13.3. The van der Waals surface area contributed by atoms with Crippen molar-refractivity contribution in [1.82, 2.24) is 0 Å². The highest BCUT2D eigenvalue weighted by Gasteiger charge is 2.08. The number of carboxylic acids is 1. The molecule has 106 valence electrons. The molecule has 4 nitrogen and oxygen atoms in total. The minimum Gasteiger partial charge on any atom is -0.489 e. The standard InChI is InChI=1S/C15H9F2NO3/c16-12-2-9(7-18)1-10(3-12)8-21-14-5-11(15(19)20)4-13(17)6-14/h1-6H,8H2,(H,19,20). The van der Waals surface area contributed by atoms with Gasteiger partial charge in [-0.2, -0.15) is 5.26 Å². The number of halogens is 2. The van der Waals surface area contributed by atoms with Gasteiger partial charge >= 0.3 is 5.97 Å². The van der Waals surface area contributed by atoms with E-state index in [0.29, 0.717) is 5.56 Å². The van der Waals surface area contributed by atoms with Gasteiger partial charge in [-0.3, -0.25) is 0 Å². The lowest BCUT2D eigenvalue weighted by molar-refractivity contribution is 0.0695. The topological polar surface area (TPSA) is 70.3 Å². The molecule has 0 aliphatic carbocycles. The minimum absolute atomic E-state index is 0.00942. The summed E-state index contributed by atoms with van der Waals surface area (Å²) in [6, 6.07) is 8.55. The van der Waals surface area contributed by atoms with Crippen LogP contribution in [0.15, 0.2) is 36.4 Å². The van der Waals surface area contributed by atoms with Crippen molar-refractivity contribution in [3.63, 3.8) is 0 Å². The molecule has 21 heavy (non-hydrogen) atoms. The fraction of sp³-hybridized carbons (Fsp3) is 0.0667. The Morgan fingerprint density at radius 2 is 1.86 bits per heavy atom. The molecule has 0 amide bonds. The molecular weight excluding hydrogens is 280 g/mol. The molecular formula is C15H9F2NO3. The van der Waals surface area contributed by atoms with Gasteiger partial charge < -0.3 is 9.84 Å². The summed E-state index contributed by atoms with van der Waals surface area (Å²) in [6.45, 7) is -0.116. The van der Waals surface area contributed by atoms with Gasteiger partial charge in [-0.25, -0.2) is 13.6 Å². The Bertz CT molecular complexity index is 738. The third-order valence-corrected chi connectivity index (χ3v) is 2.61. The van der Waals surface area contributed by atoms with Gasteiger partial charge in [0.1, 0.15) is 24.0 Å². The molecule has 0 aliphatic heterocycles. The highest BCUT2D eigenvalue weighted by molar-refractivity contribution is 5.88. The molecule has 0 unspecified atom stereocenters. The Morgan fingerprint density at radius 3 is 2.52 bits per heavy atom. The predicted molar refractivity (Wildman–Crippen MR) is 68.8 cm³/mol. The van der Waals surface area contributed by atoms with E-state index in [2.05, 4.69) is 0 Å². The van der Waals surface area contributed by atoms with E-state index in [9.17, 15) is 13.6 Å². The Labute approximate surface area is 118 Å². The fourth-order valence-electron chi connectivity index (χ4n) is 1.73. The molecule has 2 rings (SSSR count). The van der Waals surface area contributed by atoms with Crippen molar-refractivity contribution in [3.8, 4) is 11.8 Å². The predicted octanol–water partition coefficient (Wildman–Crippen LogP) is 3.11. The number of nitrogens with zero attached hydrogens (tertiary/aromatic N) is 1. The molecule has 2 aromatic carbocycles. The van der Waals surface area contributed by atoms with E-state index in [0.717, 1.165) is 24.3 Å². The van der Waals surface area contributed by atoms with Crippen LogP contribution in [0.4, 0.5) is 8.78 Å². The van der Waals surface area contributed by atoms with E-state index in [1.807, 2.05) is 0 Å². The molecule has 0 bridgehead atoms. The van der Waals surface area contributed by atoms with Crippen molar-refractivity contribution in [2.24, 2.45) is 0 Å². The molecule has 6 heteroatoms. The third kappa shape index (κ3) is 3.76. The molecule has 2 aromatic rings. The number of aromatic carboxylic acids is 1. The summed E-state index contributed by atoms with van der Waals surface area (Å²) in [4.78, 5) is 10.8. The normalized spacial score (nSPS) is 9.95. The van der Waals surface area contributed by atoms with Crippen LogP contribution in [-0.4, -0.2) is 11.1 Å². The molecule has 0 atom stereocenters. The van der Waals surface area contributed by atoms with Crippen LogP contribution in [0.5, 0.6) is 5.75 Å². The van der Waals surface area contributed by atoms with Gasteiger partial charge in [0.25, 0.3) is 0 Å². The highest BCUT2D eigenvalue weighted by Crippen LogP contribution is 2.18.